The summed E-state index contributed by atoms with van der Waals surface area (Å²) in [5.74, 6) is 0. The summed E-state index contributed by atoms with van der Waals surface area (Å²) in [5.41, 5.74) is 11.4. The highest BCUT2D eigenvalue weighted by Gasteiger charge is 2.11. The van der Waals surface area contributed by atoms with E-state index >= 15 is 0 Å². The molecule has 7 rings (SSSR count). The van der Waals surface area contributed by atoms with E-state index in [4.69, 9.17) is 0 Å². The molecule has 0 nitrogen and oxygen atoms in total. The van der Waals surface area contributed by atoms with Gasteiger partial charge in [-0.05, 0) is 140 Å². The van der Waals surface area contributed by atoms with Crippen LogP contribution in [0.5, 0.6) is 0 Å². The fourth-order valence-corrected chi connectivity index (χ4v) is 6.37. The fraction of sp³-hybridized carbons (Fsp3) is 0.130. The van der Waals surface area contributed by atoms with Crippen molar-refractivity contribution in [1.29, 1.82) is 0 Å². The van der Waals surface area contributed by atoms with Crippen molar-refractivity contribution >= 4 is 37.9 Å². The molecule has 6 aromatic carbocycles. The predicted octanol–water partition coefficient (Wildman–Crippen LogP) is 13.7. The van der Waals surface area contributed by atoms with Gasteiger partial charge in [0.15, 0.2) is 0 Å². The third-order valence-corrected chi connectivity index (χ3v) is 8.89. The second-order valence-corrected chi connectivity index (χ2v) is 11.8. The molecule has 0 radical (unpaired) electrons. The smallest absolute Gasteiger partial charge is 0.0109 e. The van der Waals surface area contributed by atoms with Crippen molar-refractivity contribution in [1.82, 2.24) is 0 Å². The molecule has 0 heteroatoms. The van der Waals surface area contributed by atoms with Crippen molar-refractivity contribution in [3.05, 3.63) is 174 Å². The van der Waals surface area contributed by atoms with Crippen LogP contribution >= 0.6 is 0 Å². The van der Waals surface area contributed by atoms with Gasteiger partial charge in [-0.1, -0.05) is 135 Å². The Bertz CT molecular complexity index is 2210. The minimum absolute atomic E-state index is 0.971. The Morgan fingerprint density at radius 1 is 0.522 bits per heavy atom. The first kappa shape index (κ1) is 30.8. The third-order valence-electron chi connectivity index (χ3n) is 8.89. The van der Waals surface area contributed by atoms with Crippen LogP contribution in [0.1, 0.15) is 46.6 Å². The molecule has 0 heterocycles. The van der Waals surface area contributed by atoms with Crippen LogP contribution in [-0.4, -0.2) is 0 Å². The summed E-state index contributed by atoms with van der Waals surface area (Å²) >= 11 is 0. The third kappa shape index (κ3) is 6.30. The number of hydrogen-bond acceptors (Lipinski definition) is 0. The van der Waals surface area contributed by atoms with E-state index in [2.05, 4.69) is 172 Å². The number of fused-ring (bicyclic) bond motifs is 3. The zero-order valence-corrected chi connectivity index (χ0v) is 27.6. The van der Waals surface area contributed by atoms with Crippen LogP contribution in [0.4, 0.5) is 0 Å². The molecule has 0 spiro atoms. The molecule has 0 amide bonds. The molecule has 46 heavy (non-hydrogen) atoms. The lowest BCUT2D eigenvalue weighted by Gasteiger charge is -2.15. The predicted molar refractivity (Wildman–Crippen MR) is 204 cm³/mol. The first-order valence-electron chi connectivity index (χ1n) is 16.5. The number of benzene rings is 6. The SMILES string of the molecule is CC.C\C=C/C1=C(\C)C\C=C/C(=C\C)C(/c2ccc3ccc(-c4ccc5cc(-c6ccc7ccccc7c6)ccc5c4)cc3c2)=C\1. The summed E-state index contributed by atoms with van der Waals surface area (Å²) in [4.78, 5) is 0. The Kier molecular flexibility index (Phi) is 9.27. The monoisotopic (exact) mass is 594 g/mol. The van der Waals surface area contributed by atoms with Gasteiger partial charge in [-0.3, -0.25) is 0 Å². The lowest BCUT2D eigenvalue weighted by Crippen LogP contribution is -1.94. The van der Waals surface area contributed by atoms with Crippen molar-refractivity contribution in [2.24, 2.45) is 0 Å². The standard InChI is InChI=1S/C44H36.C2H6/c1-4-9-34-29-44(31(5-2)13-8-10-30(34)3)42-23-16-33-15-18-41(27-43(33)28-42)40-22-21-38-25-37(19-20-39(38)26-40)36-17-14-32-11-6-7-12-35(32)24-36;1-2/h4-9,11-29H,10H2,1-3H3;1-2H3/b9-4-,13-8-,31-5+,34-30-,44-29+;. The van der Waals surface area contributed by atoms with Gasteiger partial charge in [0.1, 0.15) is 0 Å². The summed E-state index contributed by atoms with van der Waals surface area (Å²) < 4.78 is 0. The Labute approximate surface area is 274 Å². The average Bonchev–Trinajstić information content (AvgIpc) is 3.11. The molecule has 0 saturated carbocycles. The van der Waals surface area contributed by atoms with Crippen molar-refractivity contribution in [2.75, 3.05) is 0 Å². The van der Waals surface area contributed by atoms with E-state index in [1.165, 1.54) is 82.4 Å². The fourth-order valence-electron chi connectivity index (χ4n) is 6.37. The molecule has 0 unspecified atom stereocenters. The molecule has 0 atom stereocenters. The van der Waals surface area contributed by atoms with Gasteiger partial charge >= 0.3 is 0 Å². The highest BCUT2D eigenvalue weighted by Crippen LogP contribution is 2.34. The second kappa shape index (κ2) is 13.8. The normalized spacial score (nSPS) is 17.8. The molecule has 0 N–H and O–H groups in total. The van der Waals surface area contributed by atoms with E-state index in [1.807, 2.05) is 13.8 Å². The lowest BCUT2D eigenvalue weighted by molar-refractivity contribution is 1.18. The molecule has 1 aliphatic rings. The zero-order valence-electron chi connectivity index (χ0n) is 27.6. The van der Waals surface area contributed by atoms with Crippen LogP contribution in [0, 0.1) is 0 Å². The van der Waals surface area contributed by atoms with Crippen molar-refractivity contribution in [2.45, 2.75) is 41.0 Å². The van der Waals surface area contributed by atoms with Gasteiger partial charge in [0.2, 0.25) is 0 Å². The van der Waals surface area contributed by atoms with Crippen molar-refractivity contribution < 1.29 is 0 Å². The number of rotatable bonds is 4. The Morgan fingerprint density at radius 2 is 0.978 bits per heavy atom. The van der Waals surface area contributed by atoms with Gasteiger partial charge in [0, 0.05) is 0 Å². The average molecular weight is 595 g/mol. The molecular weight excluding hydrogens is 553 g/mol. The summed E-state index contributed by atoms with van der Waals surface area (Å²) in [6, 6.07) is 42.6. The maximum absolute atomic E-state index is 2.36. The van der Waals surface area contributed by atoms with Crippen LogP contribution in [0.2, 0.25) is 0 Å². The quantitative estimate of drug-likeness (QED) is 0.190. The molecule has 0 saturated heterocycles. The van der Waals surface area contributed by atoms with Crippen molar-refractivity contribution in [3.8, 4) is 22.3 Å². The number of hydrogen-bond donors (Lipinski definition) is 0. The largest absolute Gasteiger partial charge is 0.0871 e. The summed E-state index contributed by atoms with van der Waals surface area (Å²) in [6.07, 6.45) is 14.5. The van der Waals surface area contributed by atoms with E-state index in [0.29, 0.717) is 0 Å². The summed E-state index contributed by atoms with van der Waals surface area (Å²) in [7, 11) is 0. The lowest BCUT2D eigenvalue weighted by atomic mass is 9.89. The molecular formula is C46H42. The van der Waals surface area contributed by atoms with Gasteiger partial charge < -0.3 is 0 Å². The Balaban J connectivity index is 0.00000182. The molecule has 0 aliphatic heterocycles. The van der Waals surface area contributed by atoms with Crippen LogP contribution in [0.25, 0.3) is 60.1 Å². The van der Waals surface area contributed by atoms with Crippen LogP contribution in [0.15, 0.2) is 168 Å². The molecule has 226 valence electrons. The minimum Gasteiger partial charge on any atom is -0.0871 e. The van der Waals surface area contributed by atoms with E-state index in [1.54, 1.807) is 0 Å². The highest BCUT2D eigenvalue weighted by atomic mass is 14.2. The van der Waals surface area contributed by atoms with Gasteiger partial charge in [0.05, 0.1) is 0 Å². The Hall–Kier alpha value is -5.20. The highest BCUT2D eigenvalue weighted by molar-refractivity contribution is 5.96. The Morgan fingerprint density at radius 3 is 1.54 bits per heavy atom. The van der Waals surface area contributed by atoms with Gasteiger partial charge in [0.25, 0.3) is 0 Å². The van der Waals surface area contributed by atoms with E-state index in [-0.39, 0.29) is 0 Å². The maximum atomic E-state index is 2.36. The van der Waals surface area contributed by atoms with Crippen molar-refractivity contribution in [3.63, 3.8) is 0 Å². The minimum atomic E-state index is 0.971. The van der Waals surface area contributed by atoms with Gasteiger partial charge in [-0.2, -0.15) is 0 Å². The summed E-state index contributed by atoms with van der Waals surface area (Å²) in [6.45, 7) is 10.5. The van der Waals surface area contributed by atoms with Crippen LogP contribution in [-0.2, 0) is 0 Å². The second-order valence-electron chi connectivity index (χ2n) is 11.8. The van der Waals surface area contributed by atoms with E-state index < -0.39 is 0 Å². The molecule has 1 aliphatic carbocycles. The first-order chi connectivity index (χ1) is 22.6. The number of allylic oxidation sites excluding steroid dienone is 10. The van der Waals surface area contributed by atoms with E-state index in [9.17, 15) is 0 Å². The summed E-state index contributed by atoms with van der Waals surface area (Å²) in [5, 5.41) is 7.56. The van der Waals surface area contributed by atoms with Crippen LogP contribution < -0.4 is 0 Å². The van der Waals surface area contributed by atoms with Gasteiger partial charge in [-0.25, -0.2) is 0 Å². The molecule has 6 aromatic rings. The zero-order chi connectivity index (χ0) is 32.0. The molecule has 0 bridgehead atoms. The molecule has 0 aromatic heterocycles. The molecule has 0 fully saturated rings. The topological polar surface area (TPSA) is 0 Å². The maximum Gasteiger partial charge on any atom is -0.0109 e. The first-order valence-corrected chi connectivity index (χ1v) is 16.5. The van der Waals surface area contributed by atoms with E-state index in [0.717, 1.165) is 6.42 Å². The van der Waals surface area contributed by atoms with Crippen LogP contribution in [0.3, 0.4) is 0 Å². The van der Waals surface area contributed by atoms with Gasteiger partial charge in [-0.15, -0.1) is 0 Å².